The highest BCUT2D eigenvalue weighted by molar-refractivity contribution is 5.69. The summed E-state index contributed by atoms with van der Waals surface area (Å²) in [6.07, 6.45) is 12.8. The molecule has 0 unspecified atom stereocenters. The molecule has 0 aromatic heterocycles. The Bertz CT molecular complexity index is 257. The Morgan fingerprint density at radius 3 is 1.91 bits per heavy atom. The van der Waals surface area contributed by atoms with Crippen molar-refractivity contribution < 1.29 is 14.6 Å². The average molecular weight is 315 g/mol. The second-order valence-corrected chi connectivity index (χ2v) is 6.69. The zero-order valence-electron chi connectivity index (χ0n) is 15.2. The minimum absolute atomic E-state index is 0.0985. The van der Waals surface area contributed by atoms with Crippen molar-refractivity contribution in [3.63, 3.8) is 0 Å². The van der Waals surface area contributed by atoms with Crippen LogP contribution in [-0.2, 0) is 9.53 Å². The van der Waals surface area contributed by atoms with Crippen LogP contribution in [0.5, 0.6) is 0 Å². The van der Waals surface area contributed by atoms with Crippen molar-refractivity contribution in [3.8, 4) is 0 Å². The van der Waals surface area contributed by atoms with Crippen LogP contribution in [0.1, 0.15) is 97.8 Å². The highest BCUT2D eigenvalue weighted by Crippen LogP contribution is 2.30. The first-order valence-electron chi connectivity index (χ1n) is 9.40. The number of aliphatic hydroxyl groups is 1. The van der Waals surface area contributed by atoms with Crippen LogP contribution in [-0.4, -0.2) is 24.3 Å². The zero-order chi connectivity index (χ0) is 16.7. The number of hydrogen-bond donors (Lipinski definition) is 1. The predicted octanol–water partition coefficient (Wildman–Crippen LogP) is 5.25. The van der Waals surface area contributed by atoms with Gasteiger partial charge in [0.15, 0.2) is 0 Å². The molecule has 0 aromatic rings. The number of hydrogen-bond acceptors (Lipinski definition) is 3. The number of carbonyl (C=O) groups is 1. The summed E-state index contributed by atoms with van der Waals surface area (Å²) in [5, 5.41) is 9.68. The maximum atomic E-state index is 11.8. The Balaban J connectivity index is 3.85. The van der Waals surface area contributed by atoms with E-state index < -0.39 is 0 Å². The van der Waals surface area contributed by atoms with Gasteiger partial charge in [0, 0.05) is 11.8 Å². The zero-order valence-corrected chi connectivity index (χ0v) is 15.2. The van der Waals surface area contributed by atoms with E-state index in [1.165, 1.54) is 32.1 Å². The maximum absolute atomic E-state index is 11.8. The van der Waals surface area contributed by atoms with Crippen molar-refractivity contribution in [2.75, 3.05) is 13.2 Å². The maximum Gasteiger partial charge on any atom is 0.305 e. The Kier molecular flexibility index (Phi) is 13.7. The van der Waals surface area contributed by atoms with Gasteiger partial charge in [0.1, 0.15) is 0 Å². The molecule has 1 N–H and O–H groups in total. The summed E-state index contributed by atoms with van der Waals surface area (Å²) < 4.78 is 5.45. The number of carbonyl (C=O) groups excluding carboxylic acids is 1. The molecular formula is C19H38O3. The molecule has 132 valence electrons. The molecule has 0 saturated carbocycles. The molecular weight excluding hydrogens is 276 g/mol. The Hall–Kier alpha value is -0.570. The predicted molar refractivity (Wildman–Crippen MR) is 92.9 cm³/mol. The molecule has 0 atom stereocenters. The molecule has 0 aliphatic rings. The molecule has 0 saturated heterocycles. The Labute approximate surface area is 137 Å². The first kappa shape index (κ1) is 21.4. The van der Waals surface area contributed by atoms with E-state index in [0.29, 0.717) is 13.0 Å². The molecule has 0 spiro atoms. The quantitative estimate of drug-likeness (QED) is 0.332. The monoisotopic (exact) mass is 314 g/mol. The molecule has 0 amide bonds. The van der Waals surface area contributed by atoms with Crippen molar-refractivity contribution in [1.29, 1.82) is 0 Å². The van der Waals surface area contributed by atoms with E-state index in [1.54, 1.807) is 0 Å². The van der Waals surface area contributed by atoms with Crippen LogP contribution >= 0.6 is 0 Å². The van der Waals surface area contributed by atoms with Gasteiger partial charge in [-0.2, -0.15) is 0 Å². The van der Waals surface area contributed by atoms with Crippen LogP contribution in [0.15, 0.2) is 0 Å². The second kappa shape index (κ2) is 14.0. The topological polar surface area (TPSA) is 46.5 Å². The molecule has 0 aliphatic carbocycles. The normalized spacial score (nSPS) is 11.6. The van der Waals surface area contributed by atoms with Gasteiger partial charge in [-0.3, -0.25) is 4.79 Å². The standard InChI is InChI=1S/C19H38O3/c1-4-7-8-9-10-11-12-13-18(21)22-17-19(16-20,14-5-2)15-6-3/h20H,4-17H2,1-3H3. The SMILES string of the molecule is CCCCCCCCCC(=O)OCC(CO)(CCC)CCC. The largest absolute Gasteiger partial charge is 0.465 e. The summed E-state index contributed by atoms with van der Waals surface area (Å²) in [5.41, 5.74) is -0.223. The molecule has 0 fully saturated rings. The van der Waals surface area contributed by atoms with Crippen LogP contribution in [0.2, 0.25) is 0 Å². The molecule has 0 radical (unpaired) electrons. The van der Waals surface area contributed by atoms with Gasteiger partial charge in [0.25, 0.3) is 0 Å². The van der Waals surface area contributed by atoms with E-state index >= 15 is 0 Å². The first-order valence-corrected chi connectivity index (χ1v) is 9.40. The third-order valence-electron chi connectivity index (χ3n) is 4.42. The smallest absolute Gasteiger partial charge is 0.305 e. The Morgan fingerprint density at radius 1 is 0.864 bits per heavy atom. The van der Waals surface area contributed by atoms with Gasteiger partial charge in [0.05, 0.1) is 13.2 Å². The van der Waals surface area contributed by atoms with Crippen molar-refractivity contribution >= 4 is 5.97 Å². The van der Waals surface area contributed by atoms with Gasteiger partial charge < -0.3 is 9.84 Å². The first-order chi connectivity index (χ1) is 10.6. The summed E-state index contributed by atoms with van der Waals surface area (Å²) in [7, 11) is 0. The van der Waals surface area contributed by atoms with Gasteiger partial charge in [-0.15, -0.1) is 0 Å². The molecule has 0 aromatic carbocycles. The van der Waals surface area contributed by atoms with Crippen LogP contribution in [0, 0.1) is 5.41 Å². The lowest BCUT2D eigenvalue weighted by Crippen LogP contribution is -2.32. The van der Waals surface area contributed by atoms with E-state index in [2.05, 4.69) is 20.8 Å². The second-order valence-electron chi connectivity index (χ2n) is 6.69. The minimum atomic E-state index is -0.223. The number of rotatable bonds is 15. The lowest BCUT2D eigenvalue weighted by molar-refractivity contribution is -0.149. The summed E-state index contributed by atoms with van der Waals surface area (Å²) in [6, 6.07) is 0. The van der Waals surface area contributed by atoms with Crippen molar-refractivity contribution in [1.82, 2.24) is 0 Å². The number of aliphatic hydroxyl groups excluding tert-OH is 1. The minimum Gasteiger partial charge on any atom is -0.465 e. The number of unbranched alkanes of at least 4 members (excludes halogenated alkanes) is 6. The van der Waals surface area contributed by atoms with E-state index in [0.717, 1.165) is 38.5 Å². The number of esters is 1. The third kappa shape index (κ3) is 10.2. The van der Waals surface area contributed by atoms with Crippen molar-refractivity contribution in [2.24, 2.45) is 5.41 Å². The fourth-order valence-corrected chi connectivity index (χ4v) is 3.07. The van der Waals surface area contributed by atoms with Gasteiger partial charge in [0.2, 0.25) is 0 Å². The summed E-state index contributed by atoms with van der Waals surface area (Å²) in [5.74, 6) is -0.0985. The fourth-order valence-electron chi connectivity index (χ4n) is 3.07. The van der Waals surface area contributed by atoms with Gasteiger partial charge in [-0.05, 0) is 19.3 Å². The number of ether oxygens (including phenoxy) is 1. The van der Waals surface area contributed by atoms with E-state index in [9.17, 15) is 9.90 Å². The van der Waals surface area contributed by atoms with E-state index in [-0.39, 0.29) is 18.0 Å². The van der Waals surface area contributed by atoms with Gasteiger partial charge in [-0.1, -0.05) is 72.1 Å². The van der Waals surface area contributed by atoms with Gasteiger partial charge in [-0.25, -0.2) is 0 Å². The van der Waals surface area contributed by atoms with Crippen molar-refractivity contribution in [3.05, 3.63) is 0 Å². The summed E-state index contributed by atoms with van der Waals surface area (Å²) in [4.78, 5) is 11.8. The summed E-state index contributed by atoms with van der Waals surface area (Å²) >= 11 is 0. The lowest BCUT2D eigenvalue weighted by Gasteiger charge is -2.30. The van der Waals surface area contributed by atoms with Crippen LogP contribution in [0.4, 0.5) is 0 Å². The van der Waals surface area contributed by atoms with Crippen molar-refractivity contribution in [2.45, 2.75) is 97.8 Å². The van der Waals surface area contributed by atoms with Gasteiger partial charge >= 0.3 is 5.97 Å². The summed E-state index contributed by atoms with van der Waals surface area (Å²) in [6.45, 7) is 6.93. The van der Waals surface area contributed by atoms with E-state index in [1.807, 2.05) is 0 Å². The van der Waals surface area contributed by atoms with E-state index in [4.69, 9.17) is 4.74 Å². The fraction of sp³-hybridized carbons (Fsp3) is 0.947. The molecule has 0 bridgehead atoms. The average Bonchev–Trinajstić information content (AvgIpc) is 2.52. The molecule has 3 heteroatoms. The molecule has 0 aliphatic heterocycles. The third-order valence-corrected chi connectivity index (χ3v) is 4.42. The van der Waals surface area contributed by atoms with Crippen LogP contribution in [0.25, 0.3) is 0 Å². The highest BCUT2D eigenvalue weighted by Gasteiger charge is 2.29. The highest BCUT2D eigenvalue weighted by atomic mass is 16.5. The molecule has 0 heterocycles. The van der Waals surface area contributed by atoms with Crippen LogP contribution < -0.4 is 0 Å². The molecule has 0 rings (SSSR count). The lowest BCUT2D eigenvalue weighted by atomic mass is 9.81. The Morgan fingerprint density at radius 2 is 1.41 bits per heavy atom. The molecule has 3 nitrogen and oxygen atoms in total. The molecule has 22 heavy (non-hydrogen) atoms. The van der Waals surface area contributed by atoms with Crippen LogP contribution in [0.3, 0.4) is 0 Å².